The Kier molecular flexibility index (Phi) is 8.75. The monoisotopic (exact) mass is 558 g/mol. The number of ether oxygens (including phenoxy) is 3. The molecule has 0 radical (unpaired) electrons. The highest BCUT2D eigenvalue weighted by Crippen LogP contribution is 2.43. The Labute approximate surface area is 207 Å². The summed E-state index contributed by atoms with van der Waals surface area (Å²) in [5.41, 5.74) is -4.26. The molecule has 0 aromatic carbocycles. The van der Waals surface area contributed by atoms with Crippen molar-refractivity contribution in [2.24, 2.45) is 0 Å². The van der Waals surface area contributed by atoms with Crippen LogP contribution in [-0.2, 0) is 28.6 Å². The van der Waals surface area contributed by atoms with Crippen molar-refractivity contribution in [2.75, 3.05) is 25.4 Å². The normalized spacial score (nSPS) is 20.5. The van der Waals surface area contributed by atoms with Crippen LogP contribution in [0.15, 0.2) is 16.4 Å². The largest absolute Gasteiger partial charge is 0.510 e. The fraction of sp³-hybridized carbons (Fsp3) is 0.562. The first-order chi connectivity index (χ1) is 16.5. The number of amides is 2. The molecule has 0 aliphatic carbocycles. The van der Waals surface area contributed by atoms with E-state index in [4.69, 9.17) is 4.74 Å². The highest BCUT2D eigenvalue weighted by Gasteiger charge is 2.55. The lowest BCUT2D eigenvalue weighted by atomic mass is 10.0. The average Bonchev–Trinajstić information content (AvgIpc) is 3.32. The lowest BCUT2D eigenvalue weighted by Crippen LogP contribution is -2.71. The Morgan fingerprint density at radius 2 is 2.09 bits per heavy atom. The maximum atomic E-state index is 12.9. The van der Waals surface area contributed by atoms with Gasteiger partial charge in [0.2, 0.25) is 17.9 Å². The maximum Gasteiger partial charge on any atom is 0.510 e. The van der Waals surface area contributed by atoms with Gasteiger partial charge in [-0.05, 0) is 29.5 Å². The number of carbonyl (C=O) groups excluding carboxylic acids is 4. The van der Waals surface area contributed by atoms with E-state index in [0.717, 1.165) is 23.8 Å². The van der Waals surface area contributed by atoms with Crippen LogP contribution in [0, 0.1) is 0 Å². The zero-order valence-electron chi connectivity index (χ0n) is 17.9. The minimum absolute atomic E-state index is 0.133. The molecule has 2 amide bonds. The van der Waals surface area contributed by atoms with Crippen molar-refractivity contribution < 1.29 is 46.6 Å². The van der Waals surface area contributed by atoms with Crippen LogP contribution < -0.4 is 5.32 Å². The van der Waals surface area contributed by atoms with Gasteiger partial charge in [-0.2, -0.15) is 18.4 Å². The number of nitrogens with zero attached hydrogens (tertiary/aromatic N) is 4. The summed E-state index contributed by atoms with van der Waals surface area (Å²) in [5.74, 6) is -3.36. The molecule has 1 saturated heterocycles. The van der Waals surface area contributed by atoms with Crippen molar-refractivity contribution in [3.05, 3.63) is 11.3 Å². The number of nitrogens with one attached hydrogen (secondary N) is 2. The molecular weight excluding hydrogens is 541 g/mol. The number of rotatable bonds is 9. The fourth-order valence-corrected chi connectivity index (χ4v) is 5.79. The van der Waals surface area contributed by atoms with E-state index in [-0.39, 0.29) is 16.6 Å². The molecule has 3 heterocycles. The highest BCUT2D eigenvalue weighted by molar-refractivity contribution is 8.01. The molecule has 19 heteroatoms. The lowest BCUT2D eigenvalue weighted by Gasteiger charge is -2.50. The van der Waals surface area contributed by atoms with E-state index in [9.17, 15) is 32.3 Å². The zero-order chi connectivity index (χ0) is 25.8. The van der Waals surface area contributed by atoms with Gasteiger partial charge in [-0.25, -0.2) is 9.59 Å². The highest BCUT2D eigenvalue weighted by atomic mass is 32.2. The number of thioether (sulfide) groups is 3. The van der Waals surface area contributed by atoms with Crippen LogP contribution in [0.5, 0.6) is 0 Å². The Balaban J connectivity index is 1.76. The van der Waals surface area contributed by atoms with Crippen molar-refractivity contribution in [3.63, 3.8) is 0 Å². The molecule has 2 aliphatic heterocycles. The molecule has 2 aliphatic rings. The van der Waals surface area contributed by atoms with Crippen LogP contribution in [0.3, 0.4) is 0 Å². The molecule has 3 rings (SSSR count). The number of hydrogen-bond donors (Lipinski definition) is 2. The van der Waals surface area contributed by atoms with Gasteiger partial charge in [0.1, 0.15) is 17.1 Å². The average molecular weight is 559 g/mol. The standard InChI is InChI=1S/C16H17F3N6O7S3/c1-6(35-14-21-23-24-22-14)7-3-33-12-9(20-8(26)4-34-16(17,18)19)11(27)25(12)10(7)13(28)31-5-32-15(29)30-2/h6,9,12H,3-5H2,1-2H3,(H,20,26)(H,21,22,23,24)/t6?,9?,12-/m0/s1. The topological polar surface area (TPSA) is 166 Å². The molecule has 2 unspecified atom stereocenters. The van der Waals surface area contributed by atoms with Crippen LogP contribution in [0.1, 0.15) is 6.92 Å². The van der Waals surface area contributed by atoms with Crippen molar-refractivity contribution in [2.45, 2.75) is 34.3 Å². The van der Waals surface area contributed by atoms with Gasteiger partial charge >= 0.3 is 17.6 Å². The van der Waals surface area contributed by atoms with Crippen LogP contribution in [-0.4, -0.2) is 97.0 Å². The summed E-state index contributed by atoms with van der Waals surface area (Å²) in [6.07, 6.45) is -1.09. The maximum absolute atomic E-state index is 12.9. The Hall–Kier alpha value is -2.67. The second kappa shape index (κ2) is 11.4. The third-order valence-electron chi connectivity index (χ3n) is 4.51. The number of β-lactam (4-membered cyclic amide) rings is 1. The smallest absolute Gasteiger partial charge is 0.438 e. The summed E-state index contributed by atoms with van der Waals surface area (Å²) in [7, 11) is 1.06. The number of carbonyl (C=O) groups is 4. The number of H-pyrrole nitrogens is 1. The van der Waals surface area contributed by atoms with E-state index in [0.29, 0.717) is 5.57 Å². The van der Waals surface area contributed by atoms with Gasteiger partial charge in [0.25, 0.3) is 5.91 Å². The first-order valence-corrected chi connectivity index (χ1v) is 12.4. The summed E-state index contributed by atoms with van der Waals surface area (Å²) >= 11 is 1.82. The van der Waals surface area contributed by atoms with Crippen LogP contribution in [0.4, 0.5) is 18.0 Å². The molecule has 2 N–H and O–H groups in total. The predicted octanol–water partition coefficient (Wildman–Crippen LogP) is 0.871. The minimum atomic E-state index is -4.60. The SMILES string of the molecule is COC(=O)OCOC(=O)C1=C(C(C)Sc2nn[nH]n2)CS[C@H]2C(NC(=O)CSC(F)(F)F)C(=O)N12. The van der Waals surface area contributed by atoms with Gasteiger partial charge in [0.15, 0.2) is 0 Å². The number of aromatic amines is 1. The van der Waals surface area contributed by atoms with Crippen molar-refractivity contribution in [3.8, 4) is 0 Å². The zero-order valence-corrected chi connectivity index (χ0v) is 20.3. The Morgan fingerprint density at radius 1 is 1.34 bits per heavy atom. The second-order valence-corrected chi connectivity index (χ2v) is 10.1. The van der Waals surface area contributed by atoms with Crippen molar-refractivity contribution in [1.82, 2.24) is 30.8 Å². The van der Waals surface area contributed by atoms with Gasteiger partial charge in [-0.3, -0.25) is 14.5 Å². The van der Waals surface area contributed by atoms with Gasteiger partial charge in [0, 0.05) is 11.0 Å². The first-order valence-electron chi connectivity index (χ1n) is 9.47. The van der Waals surface area contributed by atoms with Gasteiger partial charge in [-0.1, -0.05) is 11.8 Å². The van der Waals surface area contributed by atoms with E-state index >= 15 is 0 Å². The van der Waals surface area contributed by atoms with Crippen LogP contribution >= 0.6 is 35.3 Å². The summed E-state index contributed by atoms with van der Waals surface area (Å²) in [6.45, 7) is 0.941. The lowest BCUT2D eigenvalue weighted by molar-refractivity contribution is -0.157. The van der Waals surface area contributed by atoms with Crippen LogP contribution in [0.2, 0.25) is 0 Å². The number of alkyl halides is 3. The summed E-state index contributed by atoms with van der Waals surface area (Å²) in [5, 5.41) is 14.8. The van der Waals surface area contributed by atoms with Gasteiger partial charge in [0.05, 0.1) is 12.9 Å². The molecular formula is C16H17F3N6O7S3. The number of hydrogen-bond acceptors (Lipinski definition) is 13. The number of tetrazole rings is 1. The summed E-state index contributed by atoms with van der Waals surface area (Å²) < 4.78 is 50.9. The van der Waals surface area contributed by atoms with Crippen molar-refractivity contribution >= 4 is 59.2 Å². The Morgan fingerprint density at radius 3 is 2.71 bits per heavy atom. The fourth-order valence-electron chi connectivity index (χ4n) is 3.00. The molecule has 0 bridgehead atoms. The second-order valence-electron chi connectivity index (χ2n) is 6.67. The first kappa shape index (κ1) is 26.9. The molecule has 1 fully saturated rings. The van der Waals surface area contributed by atoms with Crippen molar-refractivity contribution in [1.29, 1.82) is 0 Å². The molecule has 0 spiro atoms. The quantitative estimate of drug-likeness (QED) is 0.190. The predicted molar refractivity (Wildman–Crippen MR) is 115 cm³/mol. The summed E-state index contributed by atoms with van der Waals surface area (Å²) in [6, 6.07) is -1.13. The number of halogens is 3. The van der Waals surface area contributed by atoms with E-state index < -0.39 is 70.4 Å². The minimum Gasteiger partial charge on any atom is -0.438 e. The van der Waals surface area contributed by atoms with E-state index in [1.807, 2.05) is 0 Å². The molecule has 0 saturated carbocycles. The number of aromatic nitrogens is 4. The molecule has 1 aromatic heterocycles. The molecule has 35 heavy (non-hydrogen) atoms. The van der Waals surface area contributed by atoms with E-state index in [1.54, 1.807) is 6.92 Å². The number of methoxy groups -OCH3 is 1. The molecule has 3 atom stereocenters. The third kappa shape index (κ3) is 6.72. The van der Waals surface area contributed by atoms with E-state index in [2.05, 4.69) is 35.4 Å². The van der Waals surface area contributed by atoms with E-state index in [1.165, 1.54) is 11.8 Å². The number of esters is 1. The molecule has 192 valence electrons. The molecule has 13 nitrogen and oxygen atoms in total. The molecule has 1 aromatic rings. The van der Waals surface area contributed by atoms with Crippen LogP contribution in [0.25, 0.3) is 0 Å². The third-order valence-corrected chi connectivity index (χ3v) is 7.56. The Bertz CT molecular complexity index is 1010. The van der Waals surface area contributed by atoms with Gasteiger partial charge in [-0.15, -0.1) is 22.0 Å². The number of fused-ring (bicyclic) bond motifs is 1. The summed E-state index contributed by atoms with van der Waals surface area (Å²) in [4.78, 5) is 49.8. The van der Waals surface area contributed by atoms with Gasteiger partial charge < -0.3 is 19.5 Å².